The van der Waals surface area contributed by atoms with Crippen LogP contribution in [0, 0.1) is 0 Å². The SMILES string of the molecule is CC(C)(C)c1cc(C(C)(C)C)c(C(=O)c2ccccc2)s1. The van der Waals surface area contributed by atoms with Crippen LogP contribution in [0.15, 0.2) is 36.4 Å². The van der Waals surface area contributed by atoms with Crippen molar-refractivity contribution < 1.29 is 4.79 Å². The molecule has 0 saturated carbocycles. The van der Waals surface area contributed by atoms with Gasteiger partial charge in [0.1, 0.15) is 0 Å². The largest absolute Gasteiger partial charge is 0.288 e. The van der Waals surface area contributed by atoms with Gasteiger partial charge in [0.15, 0.2) is 0 Å². The van der Waals surface area contributed by atoms with Crippen LogP contribution in [-0.2, 0) is 10.8 Å². The first-order valence-electron chi connectivity index (χ1n) is 7.35. The summed E-state index contributed by atoms with van der Waals surface area (Å²) in [5.41, 5.74) is 1.97. The zero-order valence-corrected chi connectivity index (χ0v) is 14.6. The van der Waals surface area contributed by atoms with E-state index in [4.69, 9.17) is 0 Å². The average Bonchev–Trinajstić information content (AvgIpc) is 2.83. The second kappa shape index (κ2) is 5.42. The fourth-order valence-corrected chi connectivity index (χ4v) is 3.60. The van der Waals surface area contributed by atoms with Crippen LogP contribution in [0.2, 0.25) is 0 Å². The molecular weight excluding hydrogens is 276 g/mol. The zero-order valence-electron chi connectivity index (χ0n) is 13.8. The Kier molecular flexibility index (Phi) is 4.12. The minimum atomic E-state index is -0.0280. The van der Waals surface area contributed by atoms with Crippen LogP contribution < -0.4 is 0 Å². The monoisotopic (exact) mass is 300 g/mol. The molecule has 0 radical (unpaired) electrons. The first-order chi connectivity index (χ1) is 9.60. The molecule has 0 unspecified atom stereocenters. The highest BCUT2D eigenvalue weighted by Gasteiger charge is 2.28. The van der Waals surface area contributed by atoms with Crippen LogP contribution >= 0.6 is 11.3 Å². The maximum Gasteiger partial charge on any atom is 0.203 e. The molecule has 0 aliphatic rings. The van der Waals surface area contributed by atoms with Crippen molar-refractivity contribution in [3.05, 3.63) is 57.3 Å². The van der Waals surface area contributed by atoms with Crippen molar-refractivity contribution in [3.8, 4) is 0 Å². The lowest BCUT2D eigenvalue weighted by Crippen LogP contribution is -2.15. The highest BCUT2D eigenvalue weighted by atomic mass is 32.1. The van der Waals surface area contributed by atoms with Crippen LogP contribution in [0.3, 0.4) is 0 Å². The fourth-order valence-electron chi connectivity index (χ4n) is 2.21. The summed E-state index contributed by atoms with van der Waals surface area (Å²) in [4.78, 5) is 15.0. The highest BCUT2D eigenvalue weighted by Crippen LogP contribution is 2.38. The third-order valence-electron chi connectivity index (χ3n) is 3.52. The van der Waals surface area contributed by atoms with E-state index < -0.39 is 0 Å². The Bertz CT molecular complexity index is 636. The van der Waals surface area contributed by atoms with Crippen molar-refractivity contribution in [1.82, 2.24) is 0 Å². The molecule has 0 saturated heterocycles. The van der Waals surface area contributed by atoms with Gasteiger partial charge in [-0.15, -0.1) is 11.3 Å². The standard InChI is InChI=1S/C19H24OS/c1-18(2,3)14-12-15(19(4,5)6)21-17(14)16(20)13-10-8-7-9-11-13/h7-12H,1-6H3. The van der Waals surface area contributed by atoms with Gasteiger partial charge in [-0.25, -0.2) is 0 Å². The molecule has 0 spiro atoms. The van der Waals surface area contributed by atoms with Gasteiger partial charge in [0.2, 0.25) is 5.78 Å². The van der Waals surface area contributed by atoms with Gasteiger partial charge in [0, 0.05) is 10.4 Å². The van der Waals surface area contributed by atoms with Gasteiger partial charge in [-0.1, -0.05) is 71.9 Å². The Labute approximate surface area is 132 Å². The van der Waals surface area contributed by atoms with E-state index in [1.54, 1.807) is 11.3 Å². The molecule has 2 aromatic rings. The zero-order chi connectivity index (χ0) is 15.8. The molecule has 0 aliphatic heterocycles. The maximum atomic E-state index is 12.9. The predicted molar refractivity (Wildman–Crippen MR) is 91.6 cm³/mol. The third-order valence-corrected chi connectivity index (χ3v) is 5.08. The quantitative estimate of drug-likeness (QED) is 0.662. The molecule has 1 heterocycles. The summed E-state index contributed by atoms with van der Waals surface area (Å²) in [6.07, 6.45) is 0. The molecule has 2 heteroatoms. The van der Waals surface area contributed by atoms with Gasteiger partial charge in [-0.3, -0.25) is 4.79 Å². The molecule has 0 amide bonds. The van der Waals surface area contributed by atoms with E-state index in [1.165, 1.54) is 4.88 Å². The second-order valence-corrected chi connectivity index (χ2v) is 8.60. The number of hydrogen-bond donors (Lipinski definition) is 0. The molecular formula is C19H24OS. The number of carbonyl (C=O) groups is 1. The van der Waals surface area contributed by atoms with Gasteiger partial charge in [0.05, 0.1) is 4.88 Å². The molecule has 1 nitrogen and oxygen atoms in total. The van der Waals surface area contributed by atoms with E-state index in [1.807, 2.05) is 30.3 Å². The predicted octanol–water partition coefficient (Wildman–Crippen LogP) is 5.57. The molecule has 0 aliphatic carbocycles. The Balaban J connectivity index is 2.57. The summed E-state index contributed by atoms with van der Waals surface area (Å²) in [6.45, 7) is 13.1. The lowest BCUT2D eigenvalue weighted by Gasteiger charge is -2.19. The minimum absolute atomic E-state index is 0.0280. The van der Waals surface area contributed by atoms with E-state index >= 15 is 0 Å². The van der Waals surface area contributed by atoms with Crippen molar-refractivity contribution in [3.63, 3.8) is 0 Å². The normalized spacial score (nSPS) is 12.5. The Morgan fingerprint density at radius 1 is 0.905 bits per heavy atom. The molecule has 21 heavy (non-hydrogen) atoms. The van der Waals surface area contributed by atoms with Crippen molar-refractivity contribution in [2.75, 3.05) is 0 Å². The average molecular weight is 300 g/mol. The number of carbonyl (C=O) groups excluding carboxylic acids is 1. The minimum Gasteiger partial charge on any atom is -0.288 e. The van der Waals surface area contributed by atoms with Crippen LogP contribution in [0.1, 0.15) is 67.2 Å². The maximum absolute atomic E-state index is 12.9. The topological polar surface area (TPSA) is 17.1 Å². The van der Waals surface area contributed by atoms with Gasteiger partial charge < -0.3 is 0 Å². The van der Waals surface area contributed by atoms with Crippen LogP contribution in [0.4, 0.5) is 0 Å². The molecule has 1 aromatic carbocycles. The van der Waals surface area contributed by atoms with E-state index in [2.05, 4.69) is 47.6 Å². The lowest BCUT2D eigenvalue weighted by molar-refractivity contribution is 0.104. The number of rotatable bonds is 2. The van der Waals surface area contributed by atoms with Gasteiger partial charge >= 0.3 is 0 Å². The van der Waals surface area contributed by atoms with Crippen LogP contribution in [-0.4, -0.2) is 5.78 Å². The van der Waals surface area contributed by atoms with Crippen molar-refractivity contribution in [2.24, 2.45) is 0 Å². The molecule has 0 N–H and O–H groups in total. The third kappa shape index (κ3) is 3.44. The molecule has 0 atom stereocenters. The van der Waals surface area contributed by atoms with Crippen LogP contribution in [0.25, 0.3) is 0 Å². The van der Waals surface area contributed by atoms with Crippen molar-refractivity contribution in [1.29, 1.82) is 0 Å². The Hall–Kier alpha value is -1.41. The summed E-state index contributed by atoms with van der Waals surface area (Å²) in [6, 6.07) is 11.8. The molecule has 0 fully saturated rings. The second-order valence-electron chi connectivity index (χ2n) is 7.55. The summed E-state index contributed by atoms with van der Waals surface area (Å²) in [5.74, 6) is 0.140. The summed E-state index contributed by atoms with van der Waals surface area (Å²) < 4.78 is 0. The highest BCUT2D eigenvalue weighted by molar-refractivity contribution is 7.14. The number of thiophene rings is 1. The summed E-state index contributed by atoms with van der Waals surface area (Å²) in [5, 5.41) is 0. The van der Waals surface area contributed by atoms with Gasteiger partial charge in [-0.2, -0.15) is 0 Å². The van der Waals surface area contributed by atoms with Crippen LogP contribution in [0.5, 0.6) is 0 Å². The van der Waals surface area contributed by atoms with E-state index in [9.17, 15) is 4.79 Å². The molecule has 112 valence electrons. The Morgan fingerprint density at radius 2 is 1.48 bits per heavy atom. The van der Waals surface area contributed by atoms with E-state index in [0.717, 1.165) is 16.0 Å². The smallest absolute Gasteiger partial charge is 0.203 e. The summed E-state index contributed by atoms with van der Waals surface area (Å²) in [7, 11) is 0. The number of ketones is 1. The Morgan fingerprint density at radius 3 is 1.95 bits per heavy atom. The van der Waals surface area contributed by atoms with Crippen molar-refractivity contribution in [2.45, 2.75) is 52.4 Å². The van der Waals surface area contributed by atoms with Gasteiger partial charge in [0.25, 0.3) is 0 Å². The first kappa shape index (κ1) is 16.0. The van der Waals surface area contributed by atoms with Gasteiger partial charge in [-0.05, 0) is 22.5 Å². The van der Waals surface area contributed by atoms with E-state index in [-0.39, 0.29) is 16.6 Å². The first-order valence-corrected chi connectivity index (χ1v) is 8.17. The number of benzene rings is 1. The molecule has 1 aromatic heterocycles. The number of hydrogen-bond acceptors (Lipinski definition) is 2. The molecule has 2 rings (SSSR count). The lowest BCUT2D eigenvalue weighted by atomic mass is 9.84. The van der Waals surface area contributed by atoms with E-state index in [0.29, 0.717) is 0 Å². The van der Waals surface area contributed by atoms with Crippen molar-refractivity contribution >= 4 is 17.1 Å². The summed E-state index contributed by atoms with van der Waals surface area (Å²) >= 11 is 1.65. The molecule has 0 bridgehead atoms. The fraction of sp³-hybridized carbons (Fsp3) is 0.421.